The molecule has 1 amide bonds. The van der Waals surface area contributed by atoms with Gasteiger partial charge < -0.3 is 4.90 Å². The van der Waals surface area contributed by atoms with E-state index in [0.29, 0.717) is 12.3 Å². The predicted octanol–water partition coefficient (Wildman–Crippen LogP) is 2.04. The SMILES string of the molecule is CC(C)(C)CC(=O)N1CCCC1. The summed E-state index contributed by atoms with van der Waals surface area (Å²) in [5.41, 5.74) is 0.139. The molecule has 0 radical (unpaired) electrons. The molecule has 0 aromatic carbocycles. The number of hydrogen-bond acceptors (Lipinski definition) is 1. The Balaban J connectivity index is 2.37. The molecule has 0 unspecified atom stereocenters. The Hall–Kier alpha value is -0.530. The molecule has 1 aliphatic heterocycles. The Morgan fingerprint density at radius 3 is 2.17 bits per heavy atom. The molecule has 1 rings (SSSR count). The van der Waals surface area contributed by atoms with Gasteiger partial charge in [0.1, 0.15) is 0 Å². The number of carbonyl (C=O) groups excluding carboxylic acids is 1. The van der Waals surface area contributed by atoms with Crippen molar-refractivity contribution < 1.29 is 4.79 Å². The van der Waals surface area contributed by atoms with Crippen molar-refractivity contribution in [3.63, 3.8) is 0 Å². The van der Waals surface area contributed by atoms with Crippen molar-refractivity contribution in [2.45, 2.75) is 40.0 Å². The van der Waals surface area contributed by atoms with Crippen LogP contribution in [0, 0.1) is 5.41 Å². The number of hydrogen-bond donors (Lipinski definition) is 0. The maximum atomic E-state index is 11.6. The van der Waals surface area contributed by atoms with E-state index in [0.717, 1.165) is 13.1 Å². The molecule has 1 aliphatic rings. The third-order valence-corrected chi connectivity index (χ3v) is 2.14. The van der Waals surface area contributed by atoms with Crippen LogP contribution in [0.5, 0.6) is 0 Å². The average Bonchev–Trinajstić information content (AvgIpc) is 2.32. The molecular weight excluding hydrogens is 150 g/mol. The highest BCUT2D eigenvalue weighted by Gasteiger charge is 2.22. The predicted molar refractivity (Wildman–Crippen MR) is 49.9 cm³/mol. The number of carbonyl (C=O) groups is 1. The van der Waals surface area contributed by atoms with Gasteiger partial charge in [-0.2, -0.15) is 0 Å². The van der Waals surface area contributed by atoms with E-state index in [1.54, 1.807) is 0 Å². The van der Waals surface area contributed by atoms with Gasteiger partial charge >= 0.3 is 0 Å². The van der Waals surface area contributed by atoms with Crippen LogP contribution in [0.25, 0.3) is 0 Å². The van der Waals surface area contributed by atoms with Crippen LogP contribution < -0.4 is 0 Å². The van der Waals surface area contributed by atoms with E-state index in [2.05, 4.69) is 20.8 Å². The van der Waals surface area contributed by atoms with Gasteiger partial charge in [0.05, 0.1) is 0 Å². The lowest BCUT2D eigenvalue weighted by atomic mass is 9.92. The largest absolute Gasteiger partial charge is 0.343 e. The van der Waals surface area contributed by atoms with Crippen LogP contribution >= 0.6 is 0 Å². The maximum absolute atomic E-state index is 11.6. The fraction of sp³-hybridized carbons (Fsp3) is 0.900. The number of likely N-dealkylation sites (tertiary alicyclic amines) is 1. The lowest BCUT2D eigenvalue weighted by Gasteiger charge is -2.22. The zero-order chi connectivity index (χ0) is 9.19. The second-order valence-electron chi connectivity index (χ2n) is 4.83. The Kier molecular flexibility index (Phi) is 2.76. The van der Waals surface area contributed by atoms with E-state index in [-0.39, 0.29) is 5.41 Å². The second kappa shape index (κ2) is 3.46. The van der Waals surface area contributed by atoms with Crippen molar-refractivity contribution >= 4 is 5.91 Å². The van der Waals surface area contributed by atoms with E-state index < -0.39 is 0 Å². The first kappa shape index (κ1) is 9.56. The Labute approximate surface area is 74.9 Å². The van der Waals surface area contributed by atoms with Gasteiger partial charge in [-0.05, 0) is 18.3 Å². The molecule has 2 nitrogen and oxygen atoms in total. The zero-order valence-corrected chi connectivity index (χ0v) is 8.39. The molecule has 0 aromatic heterocycles. The molecule has 0 atom stereocenters. The van der Waals surface area contributed by atoms with E-state index in [1.165, 1.54) is 12.8 Å². The topological polar surface area (TPSA) is 20.3 Å². The normalized spacial score (nSPS) is 18.4. The molecule has 0 N–H and O–H groups in total. The highest BCUT2D eigenvalue weighted by Crippen LogP contribution is 2.21. The van der Waals surface area contributed by atoms with Gasteiger partial charge in [-0.15, -0.1) is 0 Å². The summed E-state index contributed by atoms with van der Waals surface area (Å²) in [6, 6.07) is 0. The Morgan fingerprint density at radius 1 is 1.25 bits per heavy atom. The summed E-state index contributed by atoms with van der Waals surface area (Å²) < 4.78 is 0. The minimum Gasteiger partial charge on any atom is -0.343 e. The summed E-state index contributed by atoms with van der Waals surface area (Å²) in [4.78, 5) is 13.6. The smallest absolute Gasteiger partial charge is 0.223 e. The van der Waals surface area contributed by atoms with Crippen LogP contribution in [0.1, 0.15) is 40.0 Å². The molecule has 2 heteroatoms. The van der Waals surface area contributed by atoms with Crippen molar-refractivity contribution in [3.8, 4) is 0 Å². The van der Waals surface area contributed by atoms with Crippen LogP contribution in [-0.2, 0) is 4.79 Å². The van der Waals surface area contributed by atoms with Crippen LogP contribution in [0.2, 0.25) is 0 Å². The molecule has 12 heavy (non-hydrogen) atoms. The molecule has 70 valence electrons. The molecule has 0 saturated carbocycles. The molecule has 0 aromatic rings. The third-order valence-electron chi connectivity index (χ3n) is 2.14. The number of amides is 1. The van der Waals surface area contributed by atoms with Crippen molar-refractivity contribution in [1.82, 2.24) is 4.90 Å². The lowest BCUT2D eigenvalue weighted by Crippen LogP contribution is -2.30. The quantitative estimate of drug-likeness (QED) is 0.588. The third kappa shape index (κ3) is 2.84. The monoisotopic (exact) mass is 169 g/mol. The molecule has 1 fully saturated rings. The molecule has 1 heterocycles. The highest BCUT2D eigenvalue weighted by molar-refractivity contribution is 5.77. The van der Waals surface area contributed by atoms with Gasteiger partial charge in [0.2, 0.25) is 5.91 Å². The molecule has 0 spiro atoms. The minimum absolute atomic E-state index is 0.139. The zero-order valence-electron chi connectivity index (χ0n) is 8.39. The first-order chi connectivity index (χ1) is 5.49. The summed E-state index contributed by atoms with van der Waals surface area (Å²) in [5, 5.41) is 0. The lowest BCUT2D eigenvalue weighted by molar-refractivity contribution is -0.131. The Morgan fingerprint density at radius 2 is 1.75 bits per heavy atom. The van der Waals surface area contributed by atoms with Crippen molar-refractivity contribution in [1.29, 1.82) is 0 Å². The van der Waals surface area contributed by atoms with Gasteiger partial charge in [-0.1, -0.05) is 20.8 Å². The summed E-state index contributed by atoms with van der Waals surface area (Å²) >= 11 is 0. The second-order valence-corrected chi connectivity index (χ2v) is 4.83. The van der Waals surface area contributed by atoms with E-state index in [1.807, 2.05) is 4.90 Å². The molecule has 0 bridgehead atoms. The van der Waals surface area contributed by atoms with Crippen LogP contribution in [0.15, 0.2) is 0 Å². The van der Waals surface area contributed by atoms with Crippen molar-refractivity contribution in [3.05, 3.63) is 0 Å². The maximum Gasteiger partial charge on any atom is 0.223 e. The first-order valence-corrected chi connectivity index (χ1v) is 4.77. The van der Waals surface area contributed by atoms with Gasteiger partial charge in [0.25, 0.3) is 0 Å². The van der Waals surface area contributed by atoms with E-state index >= 15 is 0 Å². The van der Waals surface area contributed by atoms with Crippen LogP contribution in [0.4, 0.5) is 0 Å². The molecular formula is C10H19NO. The fourth-order valence-electron chi connectivity index (χ4n) is 1.53. The standard InChI is InChI=1S/C10H19NO/c1-10(2,3)8-9(12)11-6-4-5-7-11/h4-8H2,1-3H3. The highest BCUT2D eigenvalue weighted by atomic mass is 16.2. The van der Waals surface area contributed by atoms with Gasteiger partial charge in [0.15, 0.2) is 0 Å². The summed E-state index contributed by atoms with van der Waals surface area (Å²) in [6.07, 6.45) is 3.07. The van der Waals surface area contributed by atoms with E-state index in [9.17, 15) is 4.79 Å². The van der Waals surface area contributed by atoms with Crippen molar-refractivity contribution in [2.75, 3.05) is 13.1 Å². The van der Waals surface area contributed by atoms with Gasteiger partial charge in [0, 0.05) is 19.5 Å². The van der Waals surface area contributed by atoms with E-state index in [4.69, 9.17) is 0 Å². The summed E-state index contributed by atoms with van der Waals surface area (Å²) in [6.45, 7) is 8.30. The number of nitrogens with zero attached hydrogens (tertiary/aromatic N) is 1. The van der Waals surface area contributed by atoms with Gasteiger partial charge in [-0.3, -0.25) is 4.79 Å². The molecule has 0 aliphatic carbocycles. The van der Waals surface area contributed by atoms with Crippen LogP contribution in [-0.4, -0.2) is 23.9 Å². The van der Waals surface area contributed by atoms with Gasteiger partial charge in [-0.25, -0.2) is 0 Å². The summed E-state index contributed by atoms with van der Waals surface area (Å²) in [7, 11) is 0. The minimum atomic E-state index is 0.139. The van der Waals surface area contributed by atoms with Crippen LogP contribution in [0.3, 0.4) is 0 Å². The first-order valence-electron chi connectivity index (χ1n) is 4.77. The fourth-order valence-corrected chi connectivity index (χ4v) is 1.53. The average molecular weight is 169 g/mol. The Bertz CT molecular complexity index is 163. The van der Waals surface area contributed by atoms with Crippen molar-refractivity contribution in [2.24, 2.45) is 5.41 Å². The number of rotatable bonds is 1. The molecule has 1 saturated heterocycles. The summed E-state index contributed by atoms with van der Waals surface area (Å²) in [5.74, 6) is 0.333.